The molecule has 1 aliphatic carbocycles. The number of aryl methyl sites for hydroxylation is 1. The zero-order valence-electron chi connectivity index (χ0n) is 16.5. The van der Waals surface area contributed by atoms with Gasteiger partial charge in [-0.2, -0.15) is 0 Å². The number of hydrogen-bond acceptors (Lipinski definition) is 3. The molecule has 4 aromatic rings. The summed E-state index contributed by atoms with van der Waals surface area (Å²) in [5, 5.41) is 5.82. The van der Waals surface area contributed by atoms with Crippen LogP contribution in [0.25, 0.3) is 10.8 Å². The zero-order valence-corrected chi connectivity index (χ0v) is 17.4. The third kappa shape index (κ3) is 3.26. The Balaban J connectivity index is 1.61. The third-order valence-electron chi connectivity index (χ3n) is 5.65. The highest BCUT2D eigenvalue weighted by Crippen LogP contribution is 2.46. The molecule has 4 aromatic carbocycles. The Bertz CT molecular complexity index is 1330. The van der Waals surface area contributed by atoms with Crippen LogP contribution in [0, 0.1) is 6.92 Å². The summed E-state index contributed by atoms with van der Waals surface area (Å²) in [5.41, 5.74) is 4.21. The van der Waals surface area contributed by atoms with Crippen molar-refractivity contribution >= 4 is 26.5 Å². The molecule has 0 fully saturated rings. The van der Waals surface area contributed by atoms with E-state index < -0.39 is 16.1 Å². The lowest BCUT2D eigenvalue weighted by atomic mass is 10.0. The molecule has 2 N–H and O–H groups in total. The summed E-state index contributed by atoms with van der Waals surface area (Å²) >= 11 is 0. The van der Waals surface area contributed by atoms with Crippen LogP contribution in [0.4, 0.5) is 5.69 Å². The fraction of sp³-hybridized carbons (Fsp3) is 0.120. The molecule has 2 atom stereocenters. The molecular weight excluding hydrogens is 392 g/mol. The molecule has 30 heavy (non-hydrogen) atoms. The first-order valence-electron chi connectivity index (χ1n) is 9.95. The third-order valence-corrected chi connectivity index (χ3v) is 7.11. The van der Waals surface area contributed by atoms with Gasteiger partial charge in [-0.1, -0.05) is 66.7 Å². The van der Waals surface area contributed by atoms with Gasteiger partial charge in [0.05, 0.1) is 17.0 Å². The summed E-state index contributed by atoms with van der Waals surface area (Å²) < 4.78 is 29.3. The van der Waals surface area contributed by atoms with Crippen LogP contribution < -0.4 is 10.0 Å². The minimum atomic E-state index is -3.68. The van der Waals surface area contributed by atoms with Gasteiger partial charge in [-0.05, 0) is 58.7 Å². The molecule has 2 unspecified atom stereocenters. The monoisotopic (exact) mass is 414 g/mol. The first kappa shape index (κ1) is 18.9. The summed E-state index contributed by atoms with van der Waals surface area (Å²) in [6.45, 7) is 2.05. The summed E-state index contributed by atoms with van der Waals surface area (Å²) in [6.07, 6.45) is 0. The van der Waals surface area contributed by atoms with Gasteiger partial charge in [-0.25, -0.2) is 13.1 Å². The molecule has 150 valence electrons. The van der Waals surface area contributed by atoms with Crippen LogP contribution in [0.1, 0.15) is 28.8 Å². The molecule has 0 saturated heterocycles. The molecule has 0 bridgehead atoms. The Kier molecular flexibility index (Phi) is 4.57. The van der Waals surface area contributed by atoms with Crippen LogP contribution in [0.5, 0.6) is 0 Å². The van der Waals surface area contributed by atoms with Crippen LogP contribution in [-0.2, 0) is 10.0 Å². The summed E-state index contributed by atoms with van der Waals surface area (Å²) in [6, 6.07) is 28.3. The van der Waals surface area contributed by atoms with Crippen LogP contribution in [0.15, 0.2) is 95.9 Å². The molecular formula is C25H22N2O2S. The van der Waals surface area contributed by atoms with Crippen molar-refractivity contribution in [3.63, 3.8) is 0 Å². The zero-order chi connectivity index (χ0) is 20.7. The van der Waals surface area contributed by atoms with Gasteiger partial charge in [0, 0.05) is 5.69 Å². The second kappa shape index (κ2) is 7.27. The van der Waals surface area contributed by atoms with Gasteiger partial charge in [0.1, 0.15) is 0 Å². The van der Waals surface area contributed by atoms with Crippen LogP contribution in [0.2, 0.25) is 0 Å². The Morgan fingerprint density at radius 3 is 2.10 bits per heavy atom. The molecule has 0 radical (unpaired) electrons. The summed E-state index contributed by atoms with van der Waals surface area (Å²) in [7, 11) is -3.68. The second-order valence-electron chi connectivity index (χ2n) is 7.70. The first-order valence-corrected chi connectivity index (χ1v) is 11.4. The Morgan fingerprint density at radius 2 is 1.40 bits per heavy atom. The summed E-state index contributed by atoms with van der Waals surface area (Å²) in [5.74, 6) is 0. The molecule has 5 heteroatoms. The molecule has 1 aliphatic rings. The predicted molar refractivity (Wildman–Crippen MR) is 121 cm³/mol. The van der Waals surface area contributed by atoms with Gasteiger partial charge in [-0.15, -0.1) is 0 Å². The molecule has 0 saturated carbocycles. The lowest BCUT2D eigenvalue weighted by Gasteiger charge is -2.25. The van der Waals surface area contributed by atoms with Gasteiger partial charge in [0.25, 0.3) is 0 Å². The average Bonchev–Trinajstić information content (AvgIpc) is 3.03. The summed E-state index contributed by atoms with van der Waals surface area (Å²) in [4.78, 5) is 0.266. The lowest BCUT2D eigenvalue weighted by molar-refractivity contribution is 0.534. The van der Waals surface area contributed by atoms with Gasteiger partial charge in [0.15, 0.2) is 0 Å². The number of rotatable bonds is 5. The van der Waals surface area contributed by atoms with E-state index in [9.17, 15) is 8.42 Å². The highest BCUT2D eigenvalue weighted by Gasteiger charge is 2.37. The topological polar surface area (TPSA) is 58.2 Å². The number of benzene rings is 4. The Hall–Kier alpha value is -3.15. The fourth-order valence-electron chi connectivity index (χ4n) is 4.32. The van der Waals surface area contributed by atoms with E-state index in [0.717, 1.165) is 33.2 Å². The lowest BCUT2D eigenvalue weighted by Crippen LogP contribution is -2.33. The molecule has 0 aromatic heterocycles. The van der Waals surface area contributed by atoms with Crippen molar-refractivity contribution in [2.45, 2.75) is 23.9 Å². The maximum atomic E-state index is 13.2. The maximum absolute atomic E-state index is 13.2. The van der Waals surface area contributed by atoms with E-state index in [-0.39, 0.29) is 10.9 Å². The van der Waals surface area contributed by atoms with E-state index in [0.29, 0.717) is 0 Å². The van der Waals surface area contributed by atoms with Crippen molar-refractivity contribution in [3.8, 4) is 0 Å². The Labute approximate surface area is 176 Å². The maximum Gasteiger partial charge on any atom is 0.241 e. The van der Waals surface area contributed by atoms with E-state index in [2.05, 4.69) is 34.3 Å². The van der Waals surface area contributed by atoms with Gasteiger partial charge < -0.3 is 5.32 Å². The van der Waals surface area contributed by atoms with Gasteiger partial charge >= 0.3 is 0 Å². The smallest absolute Gasteiger partial charge is 0.241 e. The highest BCUT2D eigenvalue weighted by atomic mass is 32.2. The van der Waals surface area contributed by atoms with E-state index in [4.69, 9.17) is 0 Å². The number of sulfonamides is 1. The van der Waals surface area contributed by atoms with Crippen molar-refractivity contribution in [3.05, 3.63) is 108 Å². The molecule has 5 rings (SSSR count). The van der Waals surface area contributed by atoms with E-state index >= 15 is 0 Å². The fourth-order valence-corrected chi connectivity index (χ4v) is 5.57. The van der Waals surface area contributed by atoms with Crippen molar-refractivity contribution in [1.29, 1.82) is 0 Å². The minimum Gasteiger partial charge on any atom is -0.376 e. The first-order chi connectivity index (χ1) is 14.5. The highest BCUT2D eigenvalue weighted by molar-refractivity contribution is 7.89. The van der Waals surface area contributed by atoms with E-state index in [1.807, 2.05) is 49.4 Å². The SMILES string of the molecule is Cc1cccc(NC2c3cccc4cccc(c34)C2NS(=O)(=O)c2ccccc2)c1. The van der Waals surface area contributed by atoms with Crippen molar-refractivity contribution in [1.82, 2.24) is 4.72 Å². The van der Waals surface area contributed by atoms with Gasteiger partial charge in [0.2, 0.25) is 10.0 Å². The minimum absolute atomic E-state index is 0.216. The van der Waals surface area contributed by atoms with Crippen LogP contribution >= 0.6 is 0 Å². The predicted octanol–water partition coefficient (Wildman–Crippen LogP) is 5.33. The number of hydrogen-bond donors (Lipinski definition) is 2. The van der Waals surface area contributed by atoms with Crippen molar-refractivity contribution in [2.75, 3.05) is 5.32 Å². The van der Waals surface area contributed by atoms with Crippen LogP contribution in [-0.4, -0.2) is 8.42 Å². The molecule has 0 spiro atoms. The van der Waals surface area contributed by atoms with E-state index in [1.54, 1.807) is 24.3 Å². The largest absolute Gasteiger partial charge is 0.376 e. The van der Waals surface area contributed by atoms with Crippen LogP contribution in [0.3, 0.4) is 0 Å². The standard InChI is InChI=1S/C25H22N2O2S/c1-17-8-5-11-19(16-17)26-24-21-14-6-9-18-10-7-15-22(23(18)21)25(24)27-30(28,29)20-12-3-2-4-13-20/h2-16,24-27H,1H3. The Morgan fingerprint density at radius 1 is 0.733 bits per heavy atom. The molecule has 4 nitrogen and oxygen atoms in total. The van der Waals surface area contributed by atoms with Crippen molar-refractivity contribution in [2.24, 2.45) is 0 Å². The molecule has 0 amide bonds. The average molecular weight is 415 g/mol. The second-order valence-corrected chi connectivity index (χ2v) is 9.41. The molecule has 0 aliphatic heterocycles. The van der Waals surface area contributed by atoms with E-state index in [1.165, 1.54) is 0 Å². The quantitative estimate of drug-likeness (QED) is 0.464. The van der Waals surface area contributed by atoms with Crippen molar-refractivity contribution < 1.29 is 8.42 Å². The number of nitrogens with one attached hydrogen (secondary N) is 2. The number of anilines is 1. The van der Waals surface area contributed by atoms with Gasteiger partial charge in [-0.3, -0.25) is 0 Å². The molecule has 0 heterocycles. The normalized spacial score (nSPS) is 17.9.